The van der Waals surface area contributed by atoms with E-state index in [1.54, 1.807) is 7.11 Å². The second-order valence-electron chi connectivity index (χ2n) is 5.59. The monoisotopic (exact) mass is 238 g/mol. The average molecular weight is 238 g/mol. The van der Waals surface area contributed by atoms with Gasteiger partial charge in [0.2, 0.25) is 0 Å². The van der Waals surface area contributed by atoms with Gasteiger partial charge in [0, 0.05) is 32.8 Å². The molecule has 3 nitrogen and oxygen atoms in total. The molecular formula is C14H26N2O. The molecule has 1 atom stereocenters. The zero-order valence-electron chi connectivity index (χ0n) is 11.2. The van der Waals surface area contributed by atoms with Crippen molar-refractivity contribution in [3.8, 4) is 0 Å². The van der Waals surface area contributed by atoms with Crippen molar-refractivity contribution in [3.05, 3.63) is 11.6 Å². The molecule has 1 aliphatic heterocycles. The van der Waals surface area contributed by atoms with Gasteiger partial charge in [-0.3, -0.25) is 4.90 Å². The molecule has 0 spiro atoms. The Morgan fingerprint density at radius 1 is 1.53 bits per heavy atom. The van der Waals surface area contributed by atoms with E-state index in [9.17, 15) is 0 Å². The second kappa shape index (κ2) is 6.53. The zero-order valence-corrected chi connectivity index (χ0v) is 11.2. The van der Waals surface area contributed by atoms with E-state index in [0.717, 1.165) is 25.1 Å². The Labute approximate surface area is 105 Å². The van der Waals surface area contributed by atoms with Crippen LogP contribution < -0.4 is 5.32 Å². The number of hydrogen-bond donors (Lipinski definition) is 1. The molecule has 2 rings (SSSR count). The zero-order chi connectivity index (χ0) is 12.1. The van der Waals surface area contributed by atoms with E-state index in [0.29, 0.717) is 0 Å². The van der Waals surface area contributed by atoms with Gasteiger partial charge in [0.25, 0.3) is 0 Å². The van der Waals surface area contributed by atoms with Gasteiger partial charge in [-0.1, -0.05) is 13.0 Å². The van der Waals surface area contributed by atoms with Gasteiger partial charge in [-0.05, 0) is 37.3 Å². The highest BCUT2D eigenvalue weighted by Crippen LogP contribution is 2.19. The summed E-state index contributed by atoms with van der Waals surface area (Å²) in [4.78, 5) is 2.55. The third-order valence-electron chi connectivity index (χ3n) is 3.62. The molecule has 98 valence electrons. The summed E-state index contributed by atoms with van der Waals surface area (Å²) in [6, 6.07) is 0.840. The summed E-state index contributed by atoms with van der Waals surface area (Å²) >= 11 is 0. The fourth-order valence-electron chi connectivity index (χ4n) is 2.40. The summed E-state index contributed by atoms with van der Waals surface area (Å²) in [5.74, 6) is 0.757. The molecule has 0 saturated heterocycles. The van der Waals surface area contributed by atoms with Crippen LogP contribution in [0.1, 0.15) is 26.2 Å². The molecule has 1 unspecified atom stereocenters. The van der Waals surface area contributed by atoms with Crippen molar-refractivity contribution in [2.45, 2.75) is 32.2 Å². The molecule has 0 amide bonds. The van der Waals surface area contributed by atoms with Crippen LogP contribution in [0.4, 0.5) is 0 Å². The lowest BCUT2D eigenvalue weighted by atomic mass is 10.1. The summed E-state index contributed by atoms with van der Waals surface area (Å²) in [6.45, 7) is 7.86. The van der Waals surface area contributed by atoms with Crippen molar-refractivity contribution >= 4 is 0 Å². The molecule has 0 aromatic heterocycles. The number of hydrogen-bond acceptors (Lipinski definition) is 3. The van der Waals surface area contributed by atoms with E-state index in [-0.39, 0.29) is 0 Å². The second-order valence-corrected chi connectivity index (χ2v) is 5.59. The molecule has 0 bridgehead atoms. The SMILES string of the molecule is COCC1=CCN(CC(C)CNC2CC2)CC1. The molecular weight excluding hydrogens is 212 g/mol. The van der Waals surface area contributed by atoms with Crippen LogP contribution in [-0.4, -0.2) is 50.8 Å². The summed E-state index contributed by atoms with van der Waals surface area (Å²) in [5, 5.41) is 3.61. The van der Waals surface area contributed by atoms with Crippen LogP contribution in [-0.2, 0) is 4.74 Å². The molecule has 1 heterocycles. The lowest BCUT2D eigenvalue weighted by molar-refractivity contribution is 0.205. The molecule has 1 N–H and O–H groups in total. The Kier molecular flexibility index (Phi) is 5.01. The van der Waals surface area contributed by atoms with Crippen LogP contribution in [0.3, 0.4) is 0 Å². The highest BCUT2D eigenvalue weighted by Gasteiger charge is 2.21. The average Bonchev–Trinajstić information content (AvgIpc) is 3.13. The van der Waals surface area contributed by atoms with Crippen molar-refractivity contribution in [2.24, 2.45) is 5.92 Å². The third kappa shape index (κ3) is 4.78. The lowest BCUT2D eigenvalue weighted by Crippen LogP contribution is -2.36. The summed E-state index contributed by atoms with van der Waals surface area (Å²) < 4.78 is 5.17. The first-order chi connectivity index (χ1) is 8.28. The van der Waals surface area contributed by atoms with Gasteiger partial charge in [0.05, 0.1) is 6.61 Å². The van der Waals surface area contributed by atoms with E-state index in [2.05, 4.69) is 23.2 Å². The molecule has 2 aliphatic rings. The van der Waals surface area contributed by atoms with E-state index >= 15 is 0 Å². The first-order valence-corrected chi connectivity index (χ1v) is 6.90. The number of nitrogens with one attached hydrogen (secondary N) is 1. The fourth-order valence-corrected chi connectivity index (χ4v) is 2.40. The highest BCUT2D eigenvalue weighted by atomic mass is 16.5. The maximum Gasteiger partial charge on any atom is 0.0673 e. The fraction of sp³-hybridized carbons (Fsp3) is 0.857. The quantitative estimate of drug-likeness (QED) is 0.683. The topological polar surface area (TPSA) is 24.5 Å². The summed E-state index contributed by atoms with van der Waals surface area (Å²) in [5.41, 5.74) is 1.47. The predicted octanol–water partition coefficient (Wildman–Crippen LogP) is 1.65. The predicted molar refractivity (Wildman–Crippen MR) is 71.2 cm³/mol. The van der Waals surface area contributed by atoms with Crippen molar-refractivity contribution in [1.29, 1.82) is 0 Å². The Bertz CT molecular complexity index is 261. The normalized spacial score (nSPS) is 23.5. The minimum atomic E-state index is 0.757. The van der Waals surface area contributed by atoms with Crippen molar-refractivity contribution in [3.63, 3.8) is 0 Å². The number of methoxy groups -OCH3 is 1. The summed E-state index contributed by atoms with van der Waals surface area (Å²) in [6.07, 6.45) is 6.30. The number of rotatable bonds is 7. The number of ether oxygens (including phenoxy) is 1. The van der Waals surface area contributed by atoms with Crippen LogP contribution in [0.15, 0.2) is 11.6 Å². The Morgan fingerprint density at radius 3 is 2.94 bits per heavy atom. The van der Waals surface area contributed by atoms with Crippen molar-refractivity contribution in [2.75, 3.05) is 39.9 Å². The van der Waals surface area contributed by atoms with E-state index < -0.39 is 0 Å². The van der Waals surface area contributed by atoms with Gasteiger partial charge in [0.1, 0.15) is 0 Å². The minimum absolute atomic E-state index is 0.757. The van der Waals surface area contributed by atoms with E-state index in [1.807, 2.05) is 0 Å². The third-order valence-corrected chi connectivity index (χ3v) is 3.62. The van der Waals surface area contributed by atoms with Crippen LogP contribution in [0.25, 0.3) is 0 Å². The molecule has 3 heteroatoms. The largest absolute Gasteiger partial charge is 0.380 e. The van der Waals surface area contributed by atoms with Crippen LogP contribution in [0, 0.1) is 5.92 Å². The highest BCUT2D eigenvalue weighted by molar-refractivity contribution is 5.07. The van der Waals surface area contributed by atoms with Gasteiger partial charge in [-0.15, -0.1) is 0 Å². The lowest BCUT2D eigenvalue weighted by Gasteiger charge is -2.28. The molecule has 1 fully saturated rings. The van der Waals surface area contributed by atoms with Crippen molar-refractivity contribution < 1.29 is 4.74 Å². The van der Waals surface area contributed by atoms with E-state index in [1.165, 1.54) is 44.5 Å². The van der Waals surface area contributed by atoms with E-state index in [4.69, 9.17) is 4.74 Å². The molecule has 1 saturated carbocycles. The molecule has 0 radical (unpaired) electrons. The smallest absolute Gasteiger partial charge is 0.0673 e. The van der Waals surface area contributed by atoms with Crippen LogP contribution in [0.2, 0.25) is 0 Å². The number of nitrogens with zero attached hydrogens (tertiary/aromatic N) is 1. The minimum Gasteiger partial charge on any atom is -0.380 e. The van der Waals surface area contributed by atoms with Crippen molar-refractivity contribution in [1.82, 2.24) is 10.2 Å². The molecule has 1 aliphatic carbocycles. The summed E-state index contributed by atoms with van der Waals surface area (Å²) in [7, 11) is 1.78. The molecule has 0 aromatic rings. The first kappa shape index (κ1) is 13.1. The van der Waals surface area contributed by atoms with Gasteiger partial charge in [0.15, 0.2) is 0 Å². The van der Waals surface area contributed by atoms with Crippen LogP contribution in [0.5, 0.6) is 0 Å². The molecule has 17 heavy (non-hydrogen) atoms. The van der Waals surface area contributed by atoms with Crippen LogP contribution >= 0.6 is 0 Å². The Hall–Kier alpha value is -0.380. The van der Waals surface area contributed by atoms with Gasteiger partial charge < -0.3 is 10.1 Å². The Balaban J connectivity index is 1.62. The van der Waals surface area contributed by atoms with Gasteiger partial charge in [-0.25, -0.2) is 0 Å². The maximum absolute atomic E-state index is 5.17. The first-order valence-electron chi connectivity index (χ1n) is 6.90. The standard InChI is InChI=1S/C14H26N2O/c1-12(9-15-14-3-4-14)10-16-7-5-13(6-8-16)11-17-2/h5,12,14-15H,3-4,6-11H2,1-2H3. The Morgan fingerprint density at radius 2 is 2.35 bits per heavy atom. The molecule has 0 aromatic carbocycles. The van der Waals surface area contributed by atoms with Gasteiger partial charge in [-0.2, -0.15) is 0 Å². The van der Waals surface area contributed by atoms with Gasteiger partial charge >= 0.3 is 0 Å². The maximum atomic E-state index is 5.17.